The van der Waals surface area contributed by atoms with Crippen LogP contribution in [0.4, 0.5) is 0 Å². The lowest BCUT2D eigenvalue weighted by atomic mass is 10.1. The van der Waals surface area contributed by atoms with Gasteiger partial charge in [0.15, 0.2) is 17.2 Å². The summed E-state index contributed by atoms with van der Waals surface area (Å²) in [7, 11) is 4.84. The molecule has 0 aliphatic heterocycles. The minimum Gasteiger partial charge on any atom is -0.496 e. The van der Waals surface area contributed by atoms with Gasteiger partial charge in [-0.2, -0.15) is 0 Å². The summed E-state index contributed by atoms with van der Waals surface area (Å²) in [5, 5.41) is 0.807. The highest BCUT2D eigenvalue weighted by atomic mass is 16.5. The van der Waals surface area contributed by atoms with Crippen molar-refractivity contribution in [2.75, 3.05) is 21.3 Å². The lowest BCUT2D eigenvalue weighted by molar-refractivity contribution is 0.355. The maximum absolute atomic E-state index is 6.35. The zero-order valence-electron chi connectivity index (χ0n) is 17.3. The fourth-order valence-corrected chi connectivity index (χ4v) is 3.31. The first-order valence-electron chi connectivity index (χ1n) is 9.44. The molecule has 0 aliphatic rings. The molecule has 0 amide bonds. The molecule has 0 N–H and O–H groups in total. The summed E-state index contributed by atoms with van der Waals surface area (Å²) in [5.41, 5.74) is 3.19. The fourth-order valence-electron chi connectivity index (χ4n) is 3.31. The zero-order chi connectivity index (χ0) is 21.1. The van der Waals surface area contributed by atoms with Crippen LogP contribution in [-0.4, -0.2) is 31.3 Å². The molecule has 2 heterocycles. The third-order valence-electron chi connectivity index (χ3n) is 4.79. The largest absolute Gasteiger partial charge is 0.496 e. The molecule has 2 aromatic heterocycles. The van der Waals surface area contributed by atoms with Gasteiger partial charge in [-0.3, -0.25) is 4.98 Å². The quantitative estimate of drug-likeness (QED) is 0.429. The Hall–Kier alpha value is -3.80. The molecule has 0 spiro atoms. The van der Waals surface area contributed by atoms with Crippen LogP contribution in [0.15, 0.2) is 60.8 Å². The van der Waals surface area contributed by atoms with E-state index in [1.807, 2.05) is 61.5 Å². The van der Waals surface area contributed by atoms with Crippen LogP contribution in [0.3, 0.4) is 0 Å². The Kier molecular flexibility index (Phi) is 5.39. The maximum atomic E-state index is 6.35. The summed E-state index contributed by atoms with van der Waals surface area (Å²) < 4.78 is 22.7. The van der Waals surface area contributed by atoms with E-state index < -0.39 is 0 Å². The van der Waals surface area contributed by atoms with E-state index >= 15 is 0 Å². The standard InChI is InChI=1S/C24H22N2O4/c1-15-9-10-21(24(26-15)16-7-5-6-8-19(16)27-2)30-20-11-12-25-18-14-23(29-4)22(28-3)13-17(18)20/h5-14H,1-4H3. The van der Waals surface area contributed by atoms with Gasteiger partial charge in [-0.1, -0.05) is 12.1 Å². The highest BCUT2D eigenvalue weighted by Crippen LogP contribution is 2.40. The SMILES string of the molecule is COc1cc2nccc(Oc3ccc(C)nc3-c3ccccc3OC)c2cc1OC. The van der Waals surface area contributed by atoms with Gasteiger partial charge in [-0.15, -0.1) is 0 Å². The number of methoxy groups -OCH3 is 3. The van der Waals surface area contributed by atoms with Gasteiger partial charge in [0.25, 0.3) is 0 Å². The monoisotopic (exact) mass is 402 g/mol. The van der Waals surface area contributed by atoms with Crippen molar-refractivity contribution in [2.45, 2.75) is 6.92 Å². The van der Waals surface area contributed by atoms with Crippen LogP contribution in [0.2, 0.25) is 0 Å². The molecular formula is C24H22N2O4. The molecule has 0 saturated heterocycles. The second-order valence-electron chi connectivity index (χ2n) is 6.64. The third-order valence-corrected chi connectivity index (χ3v) is 4.79. The summed E-state index contributed by atoms with van der Waals surface area (Å²) in [4.78, 5) is 9.16. The van der Waals surface area contributed by atoms with Gasteiger partial charge in [-0.05, 0) is 43.3 Å². The van der Waals surface area contributed by atoms with Crippen LogP contribution in [0.25, 0.3) is 22.2 Å². The molecule has 6 heteroatoms. The van der Waals surface area contributed by atoms with Crippen LogP contribution in [0, 0.1) is 6.92 Å². The summed E-state index contributed by atoms with van der Waals surface area (Å²) in [6, 6.07) is 17.1. The number of aryl methyl sites for hydroxylation is 1. The molecule has 6 nitrogen and oxygen atoms in total. The smallest absolute Gasteiger partial charge is 0.162 e. The molecular weight excluding hydrogens is 380 g/mol. The molecule has 30 heavy (non-hydrogen) atoms. The second-order valence-corrected chi connectivity index (χ2v) is 6.64. The third kappa shape index (κ3) is 3.59. The summed E-state index contributed by atoms with van der Waals surface area (Å²) in [5.74, 6) is 3.21. The van der Waals surface area contributed by atoms with Crippen LogP contribution in [0.5, 0.6) is 28.7 Å². The second kappa shape index (κ2) is 8.29. The number of nitrogens with zero attached hydrogens (tertiary/aromatic N) is 2. The molecule has 152 valence electrons. The number of pyridine rings is 2. The van der Waals surface area contributed by atoms with E-state index in [-0.39, 0.29) is 0 Å². The zero-order valence-corrected chi connectivity index (χ0v) is 17.3. The predicted octanol–water partition coefficient (Wildman–Crippen LogP) is 5.42. The molecule has 4 aromatic rings. The van der Waals surface area contributed by atoms with Crippen LogP contribution >= 0.6 is 0 Å². The van der Waals surface area contributed by atoms with Crippen LogP contribution in [-0.2, 0) is 0 Å². The van der Waals surface area contributed by atoms with Gasteiger partial charge in [0, 0.05) is 28.9 Å². The van der Waals surface area contributed by atoms with E-state index in [0.717, 1.165) is 27.9 Å². The van der Waals surface area contributed by atoms with Gasteiger partial charge in [0.1, 0.15) is 17.2 Å². The molecule has 2 aromatic carbocycles. The number of rotatable bonds is 6. The van der Waals surface area contributed by atoms with Gasteiger partial charge in [-0.25, -0.2) is 4.98 Å². The van der Waals surface area contributed by atoms with E-state index in [1.54, 1.807) is 27.5 Å². The van der Waals surface area contributed by atoms with Crippen molar-refractivity contribution in [2.24, 2.45) is 0 Å². The molecule has 0 aliphatic carbocycles. The average molecular weight is 402 g/mol. The van der Waals surface area contributed by atoms with Gasteiger partial charge >= 0.3 is 0 Å². The Morgan fingerprint density at radius 2 is 1.43 bits per heavy atom. The summed E-state index contributed by atoms with van der Waals surface area (Å²) in [6.07, 6.45) is 1.70. The average Bonchev–Trinajstić information content (AvgIpc) is 2.79. The number of aromatic nitrogens is 2. The number of ether oxygens (including phenoxy) is 4. The van der Waals surface area contributed by atoms with Crippen molar-refractivity contribution in [3.63, 3.8) is 0 Å². The Morgan fingerprint density at radius 3 is 2.20 bits per heavy atom. The lowest BCUT2D eigenvalue weighted by Gasteiger charge is -2.15. The number of para-hydroxylation sites is 1. The van der Waals surface area contributed by atoms with Crippen molar-refractivity contribution in [1.29, 1.82) is 0 Å². The van der Waals surface area contributed by atoms with Crippen LogP contribution < -0.4 is 18.9 Å². The number of fused-ring (bicyclic) bond motifs is 1. The Bertz CT molecular complexity index is 1210. The Balaban J connectivity index is 1.85. The number of hydrogen-bond acceptors (Lipinski definition) is 6. The molecule has 0 unspecified atom stereocenters. The van der Waals surface area contributed by atoms with E-state index in [1.165, 1.54) is 0 Å². The predicted molar refractivity (Wildman–Crippen MR) is 116 cm³/mol. The first-order chi connectivity index (χ1) is 14.6. The van der Waals surface area contributed by atoms with Crippen molar-refractivity contribution in [3.05, 3.63) is 66.5 Å². The normalized spacial score (nSPS) is 10.7. The molecule has 4 rings (SSSR count). The van der Waals surface area contributed by atoms with E-state index in [4.69, 9.17) is 23.9 Å². The van der Waals surface area contributed by atoms with Gasteiger partial charge < -0.3 is 18.9 Å². The van der Waals surface area contributed by atoms with Crippen molar-refractivity contribution >= 4 is 10.9 Å². The number of benzene rings is 2. The van der Waals surface area contributed by atoms with Crippen molar-refractivity contribution in [3.8, 4) is 40.0 Å². The minimum atomic E-state index is 0.606. The fraction of sp³-hybridized carbons (Fsp3) is 0.167. The maximum Gasteiger partial charge on any atom is 0.162 e. The van der Waals surface area contributed by atoms with Crippen LogP contribution in [0.1, 0.15) is 5.69 Å². The highest BCUT2D eigenvalue weighted by molar-refractivity contribution is 5.88. The van der Waals surface area contributed by atoms with E-state index in [2.05, 4.69) is 4.98 Å². The van der Waals surface area contributed by atoms with E-state index in [0.29, 0.717) is 28.7 Å². The van der Waals surface area contributed by atoms with E-state index in [9.17, 15) is 0 Å². The Labute approximate surface area is 175 Å². The lowest BCUT2D eigenvalue weighted by Crippen LogP contribution is -1.97. The molecule has 0 saturated carbocycles. The topological polar surface area (TPSA) is 62.7 Å². The molecule has 0 bridgehead atoms. The first-order valence-corrected chi connectivity index (χ1v) is 9.44. The number of hydrogen-bond donors (Lipinski definition) is 0. The molecule has 0 atom stereocenters. The van der Waals surface area contributed by atoms with Gasteiger partial charge in [0.2, 0.25) is 0 Å². The van der Waals surface area contributed by atoms with Crippen molar-refractivity contribution < 1.29 is 18.9 Å². The summed E-state index contributed by atoms with van der Waals surface area (Å²) in [6.45, 7) is 1.95. The first kappa shape index (κ1) is 19.5. The molecule has 0 fully saturated rings. The highest BCUT2D eigenvalue weighted by Gasteiger charge is 2.16. The Morgan fingerprint density at radius 1 is 0.700 bits per heavy atom. The minimum absolute atomic E-state index is 0.606. The van der Waals surface area contributed by atoms with Gasteiger partial charge in [0.05, 0.1) is 26.8 Å². The molecule has 0 radical (unpaired) electrons. The van der Waals surface area contributed by atoms with Crippen molar-refractivity contribution in [1.82, 2.24) is 9.97 Å². The summed E-state index contributed by atoms with van der Waals surface area (Å²) >= 11 is 0.